The summed E-state index contributed by atoms with van der Waals surface area (Å²) >= 11 is 0. The second kappa shape index (κ2) is 3.29. The first-order valence-electron chi connectivity index (χ1n) is 3.90. The summed E-state index contributed by atoms with van der Waals surface area (Å²) in [5, 5.41) is 14.2. The van der Waals surface area contributed by atoms with Crippen LogP contribution in [0.3, 0.4) is 0 Å². The van der Waals surface area contributed by atoms with Crippen LogP contribution in [0.25, 0.3) is 0 Å². The number of hydrogen-bond donors (Lipinski definition) is 1. The molecule has 0 saturated carbocycles. The van der Waals surface area contributed by atoms with Crippen molar-refractivity contribution in [2.75, 3.05) is 5.73 Å². The van der Waals surface area contributed by atoms with Gasteiger partial charge in [0, 0.05) is 0 Å². The minimum Gasteiger partial charge on any atom is -0.460 e. The van der Waals surface area contributed by atoms with E-state index in [9.17, 15) is 0 Å². The molecule has 0 fully saturated rings. The van der Waals surface area contributed by atoms with Crippen molar-refractivity contribution in [1.82, 2.24) is 20.3 Å². The van der Waals surface area contributed by atoms with Crippen molar-refractivity contribution in [2.45, 2.75) is 6.92 Å². The minimum absolute atomic E-state index is 0.129. The first-order valence-corrected chi connectivity index (χ1v) is 3.90. The molecule has 2 rings (SSSR count). The van der Waals surface area contributed by atoms with Gasteiger partial charge < -0.3 is 10.2 Å². The Morgan fingerprint density at radius 2 is 2.43 bits per heavy atom. The second-order valence-electron chi connectivity index (χ2n) is 2.62. The Hall–Kier alpha value is -2.18. The number of tetrazole rings is 1. The molecule has 0 aliphatic rings. The molecule has 0 aliphatic carbocycles. The van der Waals surface area contributed by atoms with E-state index in [1.165, 1.54) is 6.21 Å². The number of furan rings is 1. The molecule has 0 aliphatic heterocycles. The van der Waals surface area contributed by atoms with E-state index in [0.717, 1.165) is 10.6 Å². The number of anilines is 1. The molecule has 2 heterocycles. The molecule has 0 atom stereocenters. The molecule has 0 bridgehead atoms. The number of aryl methyl sites for hydroxylation is 1. The lowest BCUT2D eigenvalue weighted by Gasteiger charge is -1.88. The van der Waals surface area contributed by atoms with Gasteiger partial charge in [-0.2, -0.15) is 5.10 Å². The van der Waals surface area contributed by atoms with Crippen LogP contribution in [0.4, 0.5) is 5.95 Å². The summed E-state index contributed by atoms with van der Waals surface area (Å²) in [7, 11) is 0. The van der Waals surface area contributed by atoms with Gasteiger partial charge >= 0.3 is 0 Å². The highest BCUT2D eigenvalue weighted by atomic mass is 16.3. The van der Waals surface area contributed by atoms with Gasteiger partial charge in [0.25, 0.3) is 5.95 Å². The molecule has 0 unspecified atom stereocenters. The van der Waals surface area contributed by atoms with Gasteiger partial charge in [0.15, 0.2) is 0 Å². The van der Waals surface area contributed by atoms with Gasteiger partial charge in [0.2, 0.25) is 0 Å². The normalized spacial score (nSPS) is 11.2. The van der Waals surface area contributed by atoms with Crippen LogP contribution in [0.5, 0.6) is 0 Å². The van der Waals surface area contributed by atoms with Gasteiger partial charge in [-0.3, -0.25) is 0 Å². The lowest BCUT2D eigenvalue weighted by atomic mass is 10.4. The molecule has 7 nitrogen and oxygen atoms in total. The molecule has 2 aromatic heterocycles. The van der Waals surface area contributed by atoms with E-state index in [0.29, 0.717) is 5.76 Å². The minimum atomic E-state index is 0.129. The van der Waals surface area contributed by atoms with E-state index in [1.54, 1.807) is 6.07 Å². The Balaban J connectivity index is 2.19. The first-order chi connectivity index (χ1) is 6.75. The highest BCUT2D eigenvalue weighted by Crippen LogP contribution is 2.03. The lowest BCUT2D eigenvalue weighted by molar-refractivity contribution is 0.526. The molecular weight excluding hydrogens is 184 g/mol. The first kappa shape index (κ1) is 8.42. The maximum absolute atomic E-state index is 5.39. The Bertz CT molecular complexity index is 456. The van der Waals surface area contributed by atoms with Crippen LogP contribution in [0.2, 0.25) is 0 Å². The van der Waals surface area contributed by atoms with Crippen LogP contribution in [-0.2, 0) is 0 Å². The predicted octanol–water partition coefficient (Wildman–Crippen LogP) is 0.0389. The quantitative estimate of drug-likeness (QED) is 0.677. The van der Waals surface area contributed by atoms with E-state index in [2.05, 4.69) is 20.6 Å². The molecule has 0 saturated heterocycles. The molecule has 7 heteroatoms. The van der Waals surface area contributed by atoms with Gasteiger partial charge in [-0.25, -0.2) is 0 Å². The van der Waals surface area contributed by atoms with Crippen LogP contribution in [-0.4, -0.2) is 26.5 Å². The third kappa shape index (κ3) is 1.60. The molecule has 14 heavy (non-hydrogen) atoms. The van der Waals surface area contributed by atoms with Crippen molar-refractivity contribution < 1.29 is 4.42 Å². The summed E-state index contributed by atoms with van der Waals surface area (Å²) < 4.78 is 5.25. The fourth-order valence-corrected chi connectivity index (χ4v) is 0.906. The summed E-state index contributed by atoms with van der Waals surface area (Å²) in [6, 6.07) is 3.63. The monoisotopic (exact) mass is 192 g/mol. The van der Waals surface area contributed by atoms with Crippen LogP contribution in [0, 0.1) is 6.92 Å². The maximum atomic E-state index is 5.39. The van der Waals surface area contributed by atoms with Crippen LogP contribution in [0.1, 0.15) is 11.5 Å². The summed E-state index contributed by atoms with van der Waals surface area (Å²) in [6.07, 6.45) is 1.49. The molecule has 2 aromatic rings. The second-order valence-corrected chi connectivity index (χ2v) is 2.62. The van der Waals surface area contributed by atoms with E-state index in [1.807, 2.05) is 13.0 Å². The highest BCUT2D eigenvalue weighted by molar-refractivity contribution is 5.75. The molecule has 0 aromatic carbocycles. The van der Waals surface area contributed by atoms with Gasteiger partial charge in [-0.05, 0) is 29.5 Å². The smallest absolute Gasteiger partial charge is 0.263 e. The van der Waals surface area contributed by atoms with Gasteiger partial charge in [0.05, 0.1) is 6.21 Å². The number of hydrogen-bond acceptors (Lipinski definition) is 6. The zero-order chi connectivity index (χ0) is 9.97. The Kier molecular flexibility index (Phi) is 1.98. The Morgan fingerprint density at radius 3 is 3.00 bits per heavy atom. The number of nitrogens with two attached hydrogens (primary N) is 1. The molecular formula is C7H8N6O. The number of rotatable bonds is 2. The van der Waals surface area contributed by atoms with Crippen molar-refractivity contribution in [3.8, 4) is 0 Å². The third-order valence-electron chi connectivity index (χ3n) is 1.53. The van der Waals surface area contributed by atoms with Crippen molar-refractivity contribution in [3.63, 3.8) is 0 Å². The van der Waals surface area contributed by atoms with Crippen molar-refractivity contribution in [1.29, 1.82) is 0 Å². The van der Waals surface area contributed by atoms with Gasteiger partial charge in [-0.15, -0.1) is 0 Å². The number of nitrogen functional groups attached to an aromatic ring is 1. The SMILES string of the molecule is Cc1ccc(/C=N/n2nnnc2N)o1. The molecule has 0 amide bonds. The molecule has 0 radical (unpaired) electrons. The van der Waals surface area contributed by atoms with Gasteiger partial charge in [0.1, 0.15) is 11.5 Å². The zero-order valence-electron chi connectivity index (χ0n) is 7.45. The van der Waals surface area contributed by atoms with E-state index < -0.39 is 0 Å². The largest absolute Gasteiger partial charge is 0.460 e. The van der Waals surface area contributed by atoms with E-state index >= 15 is 0 Å². The topological polar surface area (TPSA) is 95.1 Å². The van der Waals surface area contributed by atoms with Crippen molar-refractivity contribution >= 4 is 12.2 Å². The standard InChI is InChI=1S/C7H8N6O/c1-5-2-3-6(14-5)4-9-13-7(8)10-11-12-13/h2-4H,1H3,(H2,8,10,12)/b9-4+. The zero-order valence-corrected chi connectivity index (χ0v) is 7.45. The van der Waals surface area contributed by atoms with Crippen LogP contribution < -0.4 is 5.73 Å². The maximum Gasteiger partial charge on any atom is 0.263 e. The third-order valence-corrected chi connectivity index (χ3v) is 1.53. The van der Waals surface area contributed by atoms with E-state index in [4.69, 9.17) is 10.2 Å². The summed E-state index contributed by atoms with van der Waals surface area (Å²) in [5.74, 6) is 1.57. The summed E-state index contributed by atoms with van der Waals surface area (Å²) in [5.41, 5.74) is 5.39. The fraction of sp³-hybridized carbons (Fsp3) is 0.143. The lowest BCUT2D eigenvalue weighted by Crippen LogP contribution is -1.99. The average Bonchev–Trinajstić information content (AvgIpc) is 2.72. The molecule has 0 spiro atoms. The van der Waals surface area contributed by atoms with Crippen LogP contribution >= 0.6 is 0 Å². The van der Waals surface area contributed by atoms with Crippen LogP contribution in [0.15, 0.2) is 21.7 Å². The summed E-state index contributed by atoms with van der Waals surface area (Å²) in [6.45, 7) is 1.85. The number of aromatic nitrogens is 4. The average molecular weight is 192 g/mol. The van der Waals surface area contributed by atoms with E-state index in [-0.39, 0.29) is 5.95 Å². The number of nitrogens with zero attached hydrogens (tertiary/aromatic N) is 5. The Labute approximate surface area is 79.2 Å². The highest BCUT2D eigenvalue weighted by Gasteiger charge is 1.98. The van der Waals surface area contributed by atoms with Gasteiger partial charge in [-0.1, -0.05) is 9.89 Å². The fourth-order valence-electron chi connectivity index (χ4n) is 0.906. The van der Waals surface area contributed by atoms with Crippen molar-refractivity contribution in [3.05, 3.63) is 23.7 Å². The predicted molar refractivity (Wildman–Crippen MR) is 48.7 cm³/mol. The molecule has 2 N–H and O–H groups in total. The molecule has 72 valence electrons. The van der Waals surface area contributed by atoms with Crippen molar-refractivity contribution in [2.24, 2.45) is 5.10 Å². The summed E-state index contributed by atoms with van der Waals surface area (Å²) in [4.78, 5) is 1.11. The Morgan fingerprint density at radius 1 is 1.57 bits per heavy atom.